The molecule has 0 radical (unpaired) electrons. The second-order valence-electron chi connectivity index (χ2n) is 9.59. The number of hydrogen-bond acceptors (Lipinski definition) is 5. The van der Waals surface area contributed by atoms with Crippen LogP contribution in [-0.2, 0) is 26.2 Å². The molecule has 3 rings (SSSR count). The number of benzene rings is 3. The molecule has 8 nitrogen and oxygen atoms in total. The van der Waals surface area contributed by atoms with E-state index in [1.807, 2.05) is 20.8 Å². The molecule has 0 spiro atoms. The minimum absolute atomic E-state index is 0.0145. The smallest absolute Gasteiger partial charge is 0.264 e. The van der Waals surface area contributed by atoms with Crippen molar-refractivity contribution < 1.29 is 22.7 Å². The highest BCUT2D eigenvalue weighted by Crippen LogP contribution is 2.28. The van der Waals surface area contributed by atoms with Crippen molar-refractivity contribution in [2.24, 2.45) is 0 Å². The maximum atomic E-state index is 14.1. The van der Waals surface area contributed by atoms with Gasteiger partial charge in [0.1, 0.15) is 18.3 Å². The zero-order valence-electron chi connectivity index (χ0n) is 23.5. The van der Waals surface area contributed by atoms with Crippen LogP contribution in [0.3, 0.4) is 0 Å². The standard InChI is InChI=1S/C30H35Cl2N3O5S/c1-5-28(30(37)33-21(3)4)34(19-22-9-7-8-10-27(22)32)29(36)20-35(24-13-15-25(16-14-24)40-6-2)41(38,39)26-17-11-23(31)12-18-26/h7-18,21,28H,5-6,19-20H2,1-4H3,(H,33,37)/t28-/m1/s1. The zero-order valence-corrected chi connectivity index (χ0v) is 25.8. The fourth-order valence-electron chi connectivity index (χ4n) is 4.25. The normalized spacial score (nSPS) is 12.1. The summed E-state index contributed by atoms with van der Waals surface area (Å²) < 4.78 is 34.4. The molecule has 220 valence electrons. The molecule has 1 N–H and O–H groups in total. The van der Waals surface area contributed by atoms with Crippen molar-refractivity contribution in [2.75, 3.05) is 17.5 Å². The second kappa shape index (κ2) is 14.6. The number of carbonyl (C=O) groups is 2. The number of nitrogens with one attached hydrogen (secondary N) is 1. The molecule has 3 aromatic rings. The largest absolute Gasteiger partial charge is 0.494 e. The molecule has 0 saturated carbocycles. The highest BCUT2D eigenvalue weighted by molar-refractivity contribution is 7.92. The van der Waals surface area contributed by atoms with E-state index in [0.717, 1.165) is 4.31 Å². The summed E-state index contributed by atoms with van der Waals surface area (Å²) in [6, 6.07) is 18.2. The first kappa shape index (κ1) is 32.2. The molecular formula is C30H35Cl2N3O5S. The van der Waals surface area contributed by atoms with Crippen molar-refractivity contribution in [3.05, 3.63) is 88.4 Å². The molecule has 0 bridgehead atoms. The van der Waals surface area contributed by atoms with Crippen molar-refractivity contribution in [3.63, 3.8) is 0 Å². The van der Waals surface area contributed by atoms with Gasteiger partial charge in [-0.3, -0.25) is 13.9 Å². The fraction of sp³-hybridized carbons (Fsp3) is 0.333. The lowest BCUT2D eigenvalue weighted by atomic mass is 10.1. The molecule has 0 aliphatic heterocycles. The van der Waals surface area contributed by atoms with Gasteiger partial charge in [0.05, 0.1) is 17.2 Å². The van der Waals surface area contributed by atoms with E-state index in [0.29, 0.717) is 34.4 Å². The predicted molar refractivity (Wildman–Crippen MR) is 163 cm³/mol. The van der Waals surface area contributed by atoms with Crippen molar-refractivity contribution in [2.45, 2.75) is 57.6 Å². The minimum Gasteiger partial charge on any atom is -0.494 e. The van der Waals surface area contributed by atoms with E-state index in [4.69, 9.17) is 27.9 Å². The van der Waals surface area contributed by atoms with Crippen LogP contribution in [0.2, 0.25) is 10.0 Å². The Labute approximate surface area is 252 Å². The quantitative estimate of drug-likeness (QED) is 0.256. The molecule has 0 aliphatic carbocycles. The Balaban J connectivity index is 2.07. The molecule has 41 heavy (non-hydrogen) atoms. The summed E-state index contributed by atoms with van der Waals surface area (Å²) in [5, 5.41) is 3.68. The van der Waals surface area contributed by atoms with E-state index < -0.39 is 28.5 Å². The second-order valence-corrected chi connectivity index (χ2v) is 12.3. The Morgan fingerprint density at radius 1 is 0.927 bits per heavy atom. The lowest BCUT2D eigenvalue weighted by Crippen LogP contribution is -2.53. The average Bonchev–Trinajstić information content (AvgIpc) is 2.93. The van der Waals surface area contributed by atoms with Crippen LogP contribution in [0.5, 0.6) is 5.75 Å². The van der Waals surface area contributed by atoms with Gasteiger partial charge in [-0.2, -0.15) is 0 Å². The molecule has 0 aromatic heterocycles. The Bertz CT molecular complexity index is 1430. The molecule has 0 heterocycles. The zero-order chi connectivity index (χ0) is 30.2. The van der Waals surface area contributed by atoms with E-state index in [9.17, 15) is 18.0 Å². The molecule has 2 amide bonds. The highest BCUT2D eigenvalue weighted by atomic mass is 35.5. The third-order valence-corrected chi connectivity index (χ3v) is 8.64. The molecule has 0 saturated heterocycles. The number of halogens is 2. The van der Waals surface area contributed by atoms with Gasteiger partial charge < -0.3 is 15.0 Å². The van der Waals surface area contributed by atoms with E-state index in [2.05, 4.69) is 5.32 Å². The number of rotatable bonds is 13. The van der Waals surface area contributed by atoms with Gasteiger partial charge in [-0.15, -0.1) is 0 Å². The summed E-state index contributed by atoms with van der Waals surface area (Å²) in [7, 11) is -4.22. The lowest BCUT2D eigenvalue weighted by molar-refractivity contribution is -0.140. The fourth-order valence-corrected chi connectivity index (χ4v) is 5.98. The number of ether oxygens (including phenoxy) is 1. The Kier molecular flexibility index (Phi) is 11.5. The molecule has 0 fully saturated rings. The van der Waals surface area contributed by atoms with Crippen molar-refractivity contribution in [3.8, 4) is 5.75 Å². The summed E-state index contributed by atoms with van der Waals surface area (Å²) >= 11 is 12.4. The monoisotopic (exact) mass is 619 g/mol. The highest BCUT2D eigenvalue weighted by Gasteiger charge is 2.34. The van der Waals surface area contributed by atoms with Crippen LogP contribution in [0.15, 0.2) is 77.7 Å². The van der Waals surface area contributed by atoms with E-state index in [1.165, 1.54) is 29.2 Å². The lowest BCUT2D eigenvalue weighted by Gasteiger charge is -2.33. The van der Waals surface area contributed by atoms with Gasteiger partial charge in [-0.05, 0) is 87.4 Å². The molecule has 3 aromatic carbocycles. The summed E-state index contributed by atoms with van der Waals surface area (Å²) in [5.74, 6) is -0.346. The number of hydrogen-bond donors (Lipinski definition) is 1. The van der Waals surface area contributed by atoms with Crippen LogP contribution in [0.25, 0.3) is 0 Å². The Morgan fingerprint density at radius 2 is 1.56 bits per heavy atom. The van der Waals surface area contributed by atoms with Crippen molar-refractivity contribution in [1.82, 2.24) is 10.2 Å². The molecular weight excluding hydrogens is 585 g/mol. The minimum atomic E-state index is -4.22. The van der Waals surface area contributed by atoms with Crippen LogP contribution < -0.4 is 14.4 Å². The molecule has 0 aliphatic rings. The van der Waals surface area contributed by atoms with Crippen LogP contribution in [0, 0.1) is 0 Å². The third-order valence-electron chi connectivity index (χ3n) is 6.23. The molecule has 1 atom stereocenters. The summed E-state index contributed by atoms with van der Waals surface area (Å²) in [6.45, 7) is 7.20. The van der Waals surface area contributed by atoms with Gasteiger partial charge >= 0.3 is 0 Å². The SMILES string of the molecule is CCOc1ccc(N(CC(=O)N(Cc2ccccc2Cl)[C@H](CC)C(=O)NC(C)C)S(=O)(=O)c2ccc(Cl)cc2)cc1. The summed E-state index contributed by atoms with van der Waals surface area (Å²) in [5.41, 5.74) is 0.889. The number of amides is 2. The van der Waals surface area contributed by atoms with Crippen LogP contribution in [-0.4, -0.2) is 50.4 Å². The topological polar surface area (TPSA) is 96.0 Å². The van der Waals surface area contributed by atoms with Gasteiger partial charge in [0.2, 0.25) is 11.8 Å². The van der Waals surface area contributed by atoms with Gasteiger partial charge in [0, 0.05) is 22.6 Å². The van der Waals surface area contributed by atoms with Gasteiger partial charge in [-0.25, -0.2) is 8.42 Å². The van der Waals surface area contributed by atoms with Gasteiger partial charge in [0.25, 0.3) is 10.0 Å². The van der Waals surface area contributed by atoms with Crippen LogP contribution in [0.1, 0.15) is 39.7 Å². The Hall–Kier alpha value is -3.27. The summed E-state index contributed by atoms with van der Waals surface area (Å²) in [6.07, 6.45) is 0.307. The first-order chi connectivity index (χ1) is 19.5. The number of anilines is 1. The molecule has 11 heteroatoms. The van der Waals surface area contributed by atoms with E-state index in [-0.39, 0.29) is 29.1 Å². The first-order valence-electron chi connectivity index (χ1n) is 13.3. The van der Waals surface area contributed by atoms with Crippen LogP contribution >= 0.6 is 23.2 Å². The predicted octanol–water partition coefficient (Wildman–Crippen LogP) is 5.92. The van der Waals surface area contributed by atoms with E-state index in [1.54, 1.807) is 55.5 Å². The van der Waals surface area contributed by atoms with Gasteiger partial charge in [-0.1, -0.05) is 48.3 Å². The third kappa shape index (κ3) is 8.38. The first-order valence-corrected chi connectivity index (χ1v) is 15.5. The number of nitrogens with zero attached hydrogens (tertiary/aromatic N) is 2. The maximum Gasteiger partial charge on any atom is 0.264 e. The van der Waals surface area contributed by atoms with E-state index >= 15 is 0 Å². The van der Waals surface area contributed by atoms with Crippen molar-refractivity contribution >= 4 is 50.7 Å². The average molecular weight is 621 g/mol. The Morgan fingerprint density at radius 3 is 2.12 bits per heavy atom. The van der Waals surface area contributed by atoms with Crippen LogP contribution in [0.4, 0.5) is 5.69 Å². The summed E-state index contributed by atoms with van der Waals surface area (Å²) in [4.78, 5) is 28.7. The number of carbonyl (C=O) groups excluding carboxylic acids is 2. The number of sulfonamides is 1. The van der Waals surface area contributed by atoms with Crippen molar-refractivity contribution in [1.29, 1.82) is 0 Å². The van der Waals surface area contributed by atoms with Gasteiger partial charge in [0.15, 0.2) is 0 Å². The molecule has 0 unspecified atom stereocenters. The maximum absolute atomic E-state index is 14.1.